The number of rotatable bonds is 7. The highest BCUT2D eigenvalue weighted by Gasteiger charge is 2.76. The minimum atomic E-state index is -1.35. The molecule has 5 atom stereocenters. The fraction of sp³-hybridized carbons (Fsp3) is 0.419. The topological polar surface area (TPSA) is 114 Å². The van der Waals surface area contributed by atoms with Crippen LogP contribution in [0.3, 0.4) is 0 Å². The summed E-state index contributed by atoms with van der Waals surface area (Å²) in [4.78, 5) is 55.5. The van der Waals surface area contributed by atoms with Gasteiger partial charge in [0.1, 0.15) is 17.4 Å². The maximum absolute atomic E-state index is 14.3. The van der Waals surface area contributed by atoms with E-state index in [1.54, 1.807) is 50.5 Å². The van der Waals surface area contributed by atoms with Crippen LogP contribution in [0.15, 0.2) is 60.7 Å². The number of benzene rings is 2. The monoisotopic (exact) mass is 545 g/mol. The van der Waals surface area contributed by atoms with E-state index >= 15 is 0 Å². The smallest absolute Gasteiger partial charge is 0.246 e. The largest absolute Gasteiger partial charge is 0.497 e. The van der Waals surface area contributed by atoms with E-state index in [2.05, 4.69) is 10.6 Å². The number of Topliss-reactive ketones (excluding diaryl/α,β-unsaturated/α-hetero) is 1. The molecule has 0 saturated carbocycles. The molecule has 9 nitrogen and oxygen atoms in total. The lowest BCUT2D eigenvalue weighted by molar-refractivity contribution is -0.134. The maximum Gasteiger partial charge on any atom is 0.246 e. The number of ketones is 1. The van der Waals surface area contributed by atoms with Gasteiger partial charge in [0.15, 0.2) is 5.78 Å². The van der Waals surface area contributed by atoms with Gasteiger partial charge in [-0.3, -0.25) is 24.1 Å². The molecule has 3 aliphatic rings. The Labute approximate surface area is 233 Å². The molecule has 2 fully saturated rings. The molecule has 0 unspecified atom stereocenters. The van der Waals surface area contributed by atoms with E-state index < -0.39 is 46.4 Å². The molecule has 210 valence electrons. The van der Waals surface area contributed by atoms with Gasteiger partial charge >= 0.3 is 0 Å². The van der Waals surface area contributed by atoms with Crippen LogP contribution in [0.2, 0.25) is 0 Å². The number of methoxy groups -OCH3 is 1. The summed E-state index contributed by atoms with van der Waals surface area (Å²) in [6.45, 7) is 9.05. The molecule has 2 aromatic rings. The molecule has 9 heteroatoms. The van der Waals surface area contributed by atoms with E-state index in [9.17, 15) is 19.2 Å². The molecule has 5 rings (SSSR count). The van der Waals surface area contributed by atoms with E-state index in [0.29, 0.717) is 17.0 Å². The molecule has 3 amide bonds. The second kappa shape index (κ2) is 9.59. The fourth-order valence-corrected chi connectivity index (χ4v) is 6.17. The van der Waals surface area contributed by atoms with Crippen molar-refractivity contribution in [2.24, 2.45) is 11.8 Å². The highest BCUT2D eigenvalue weighted by atomic mass is 16.5. The van der Waals surface area contributed by atoms with Gasteiger partial charge in [-0.1, -0.05) is 36.4 Å². The molecule has 1 spiro atoms. The zero-order valence-corrected chi connectivity index (χ0v) is 23.6. The van der Waals surface area contributed by atoms with Crippen LogP contribution in [0.4, 0.5) is 5.69 Å². The van der Waals surface area contributed by atoms with Crippen molar-refractivity contribution in [1.82, 2.24) is 10.6 Å². The van der Waals surface area contributed by atoms with Crippen LogP contribution in [0.25, 0.3) is 0 Å². The summed E-state index contributed by atoms with van der Waals surface area (Å²) in [6, 6.07) is 12.9. The summed E-state index contributed by atoms with van der Waals surface area (Å²) in [5.41, 5.74) is -1.32. The van der Waals surface area contributed by atoms with Crippen LogP contribution >= 0.6 is 0 Å². The zero-order chi connectivity index (χ0) is 29.0. The second-order valence-corrected chi connectivity index (χ2v) is 12.0. The number of nitrogens with one attached hydrogen (secondary N) is 2. The molecule has 0 aromatic heterocycles. The second-order valence-electron chi connectivity index (χ2n) is 12.0. The number of amides is 3. The van der Waals surface area contributed by atoms with Gasteiger partial charge in [-0.2, -0.15) is 0 Å². The van der Waals surface area contributed by atoms with Gasteiger partial charge in [0, 0.05) is 23.3 Å². The van der Waals surface area contributed by atoms with E-state index in [-0.39, 0.29) is 18.2 Å². The van der Waals surface area contributed by atoms with Crippen LogP contribution in [0.1, 0.15) is 50.5 Å². The molecule has 40 heavy (non-hydrogen) atoms. The van der Waals surface area contributed by atoms with E-state index in [1.807, 2.05) is 45.0 Å². The van der Waals surface area contributed by atoms with Crippen molar-refractivity contribution in [3.8, 4) is 5.75 Å². The molecular weight excluding hydrogens is 510 g/mol. The van der Waals surface area contributed by atoms with E-state index in [0.717, 1.165) is 5.56 Å². The minimum absolute atomic E-state index is 0.164. The van der Waals surface area contributed by atoms with E-state index in [1.165, 1.54) is 11.8 Å². The lowest BCUT2D eigenvalue weighted by atomic mass is 9.70. The molecule has 3 heterocycles. The van der Waals surface area contributed by atoms with Crippen molar-refractivity contribution in [2.45, 2.75) is 63.9 Å². The Bertz CT molecular complexity index is 1410. The maximum atomic E-state index is 14.3. The molecule has 2 N–H and O–H groups in total. The van der Waals surface area contributed by atoms with Gasteiger partial charge in [-0.15, -0.1) is 0 Å². The lowest BCUT2D eigenvalue weighted by Crippen LogP contribution is -2.58. The van der Waals surface area contributed by atoms with Gasteiger partial charge in [-0.05, 0) is 64.4 Å². The highest BCUT2D eigenvalue weighted by molar-refractivity contribution is 6.11. The Morgan fingerprint density at radius 1 is 1.05 bits per heavy atom. The first kappa shape index (κ1) is 27.6. The number of carbonyl (C=O) groups is 4. The van der Waals surface area contributed by atoms with Crippen LogP contribution in [-0.4, -0.2) is 53.4 Å². The van der Waals surface area contributed by atoms with Crippen molar-refractivity contribution in [3.05, 3.63) is 71.8 Å². The predicted octanol–water partition coefficient (Wildman–Crippen LogP) is 3.17. The quantitative estimate of drug-likeness (QED) is 0.408. The van der Waals surface area contributed by atoms with Crippen LogP contribution in [0, 0.1) is 11.8 Å². The number of fused-ring (bicyclic) bond motifs is 1. The summed E-state index contributed by atoms with van der Waals surface area (Å²) in [7, 11) is 1.59. The SMILES string of the molecule is COc1ccc(CNC(=O)[C@@H]2[C@@H]3C(=O)N(c4cccc(C(C)=O)c4)[C@H](C(=O)NC(C)(C)C)[C@]34C=C[C@@]2(C)O4)cc1. The number of ether oxygens (including phenoxy) is 2. The number of hydrogen-bond acceptors (Lipinski definition) is 6. The highest BCUT2D eigenvalue weighted by Crippen LogP contribution is 2.60. The number of carbonyl (C=O) groups excluding carboxylic acids is 4. The molecule has 0 radical (unpaired) electrons. The normalized spacial score (nSPS) is 28.4. The van der Waals surface area contributed by atoms with Crippen molar-refractivity contribution < 1.29 is 28.7 Å². The zero-order valence-electron chi connectivity index (χ0n) is 23.6. The van der Waals surface area contributed by atoms with Gasteiger partial charge in [-0.25, -0.2) is 0 Å². The molecule has 3 aliphatic heterocycles. The summed E-state index contributed by atoms with van der Waals surface area (Å²) in [6.07, 6.45) is 3.56. The van der Waals surface area contributed by atoms with Crippen LogP contribution < -0.4 is 20.3 Å². The summed E-state index contributed by atoms with van der Waals surface area (Å²) >= 11 is 0. The van der Waals surface area contributed by atoms with Crippen molar-refractivity contribution >= 4 is 29.2 Å². The van der Waals surface area contributed by atoms with Crippen LogP contribution in [-0.2, 0) is 25.7 Å². The average Bonchev–Trinajstić information content (AvgIpc) is 3.47. The third-order valence-corrected chi connectivity index (χ3v) is 7.88. The first-order valence-electron chi connectivity index (χ1n) is 13.4. The number of nitrogens with zero attached hydrogens (tertiary/aromatic N) is 1. The lowest BCUT2D eigenvalue weighted by Gasteiger charge is -2.35. The van der Waals surface area contributed by atoms with Gasteiger partial charge in [0.25, 0.3) is 0 Å². The molecule has 2 aromatic carbocycles. The molecule has 0 aliphatic carbocycles. The average molecular weight is 546 g/mol. The number of anilines is 1. The Balaban J connectivity index is 1.52. The Morgan fingerprint density at radius 2 is 1.75 bits per heavy atom. The first-order valence-corrected chi connectivity index (χ1v) is 13.4. The third-order valence-electron chi connectivity index (χ3n) is 7.88. The predicted molar refractivity (Wildman–Crippen MR) is 149 cm³/mol. The molecule has 2 bridgehead atoms. The Kier molecular flexibility index (Phi) is 6.61. The first-order chi connectivity index (χ1) is 18.8. The van der Waals surface area contributed by atoms with E-state index in [4.69, 9.17) is 9.47 Å². The summed E-state index contributed by atoms with van der Waals surface area (Å²) in [5, 5.41) is 5.97. The number of hydrogen-bond donors (Lipinski definition) is 2. The third kappa shape index (κ3) is 4.48. The van der Waals surface area contributed by atoms with Gasteiger partial charge < -0.3 is 20.1 Å². The van der Waals surface area contributed by atoms with Gasteiger partial charge in [0.05, 0.1) is 24.5 Å². The standard InChI is InChI=1S/C31H35N3O6/c1-18(35)20-8-7-9-21(16-20)34-25(27(37)33-29(2,3)4)31-15-14-30(5,40-31)23(24(31)28(34)38)26(36)32-17-19-10-12-22(39-6)13-11-19/h7-16,23-25H,17H2,1-6H3,(H,32,36)(H,33,37)/t23-,24+,25+,30+,31-/m0/s1. The Hall–Kier alpha value is -3.98. The summed E-state index contributed by atoms with van der Waals surface area (Å²) in [5.74, 6) is -2.39. The minimum Gasteiger partial charge on any atom is -0.497 e. The van der Waals surface area contributed by atoms with Crippen molar-refractivity contribution in [2.75, 3.05) is 12.0 Å². The molecule has 2 saturated heterocycles. The molecular formula is C31H35N3O6. The van der Waals surface area contributed by atoms with Crippen molar-refractivity contribution in [3.63, 3.8) is 0 Å². The Morgan fingerprint density at radius 3 is 2.38 bits per heavy atom. The van der Waals surface area contributed by atoms with Crippen molar-refractivity contribution in [1.29, 1.82) is 0 Å². The summed E-state index contributed by atoms with van der Waals surface area (Å²) < 4.78 is 11.8. The van der Waals surface area contributed by atoms with Crippen LogP contribution in [0.5, 0.6) is 5.75 Å². The fourth-order valence-electron chi connectivity index (χ4n) is 6.17. The van der Waals surface area contributed by atoms with Gasteiger partial charge in [0.2, 0.25) is 17.7 Å².